The zero-order valence-electron chi connectivity index (χ0n) is 17.5. The fourth-order valence-electron chi connectivity index (χ4n) is 4.36. The van der Waals surface area contributed by atoms with Crippen LogP contribution in [0.3, 0.4) is 0 Å². The van der Waals surface area contributed by atoms with Gasteiger partial charge in [-0.15, -0.1) is 0 Å². The average molecular weight is 387 g/mol. The Hall–Kier alpha value is -2.08. The molecule has 0 radical (unpaired) electrons. The molecule has 0 saturated carbocycles. The third-order valence-electron chi connectivity index (χ3n) is 6.08. The summed E-state index contributed by atoms with van der Waals surface area (Å²) >= 11 is 0. The minimum atomic E-state index is -0.321. The number of urea groups is 1. The SMILES string of the molecule is CCCCC(CC)N1CCN(c2ccc(N3CCC(=O)NC3=O)c(C)c2)CC1. The third-order valence-corrected chi connectivity index (χ3v) is 6.08. The van der Waals surface area contributed by atoms with Crippen molar-refractivity contribution in [2.45, 2.75) is 58.9 Å². The van der Waals surface area contributed by atoms with Gasteiger partial charge in [-0.1, -0.05) is 26.7 Å². The Morgan fingerprint density at radius 2 is 1.82 bits per heavy atom. The minimum absolute atomic E-state index is 0.197. The standard InChI is InChI=1S/C22H34N4O2/c1-4-6-7-18(5-2)24-12-14-25(15-13-24)19-8-9-20(17(3)16-19)26-11-10-21(27)23-22(26)28/h8-9,16,18H,4-7,10-15H2,1-3H3,(H,23,27,28). The highest BCUT2D eigenvalue weighted by Crippen LogP contribution is 2.28. The van der Waals surface area contributed by atoms with Crippen molar-refractivity contribution < 1.29 is 9.59 Å². The summed E-state index contributed by atoms with van der Waals surface area (Å²) in [5.74, 6) is -0.197. The first kappa shape index (κ1) is 20.6. The molecule has 2 aliphatic heterocycles. The van der Waals surface area contributed by atoms with Crippen LogP contribution in [0.2, 0.25) is 0 Å². The second-order valence-corrected chi connectivity index (χ2v) is 7.95. The quantitative estimate of drug-likeness (QED) is 0.779. The number of hydrogen-bond donors (Lipinski definition) is 1. The Balaban J connectivity index is 1.62. The topological polar surface area (TPSA) is 55.9 Å². The zero-order chi connectivity index (χ0) is 20.1. The van der Waals surface area contributed by atoms with Crippen molar-refractivity contribution in [1.29, 1.82) is 0 Å². The Labute approximate surface area is 168 Å². The van der Waals surface area contributed by atoms with Gasteiger partial charge >= 0.3 is 6.03 Å². The molecular formula is C22H34N4O2. The first-order valence-electron chi connectivity index (χ1n) is 10.7. The largest absolute Gasteiger partial charge is 0.369 e. The Morgan fingerprint density at radius 3 is 2.43 bits per heavy atom. The molecule has 1 atom stereocenters. The Kier molecular flexibility index (Phi) is 6.94. The van der Waals surface area contributed by atoms with Gasteiger partial charge in [-0.05, 0) is 43.5 Å². The molecule has 1 unspecified atom stereocenters. The lowest BCUT2D eigenvalue weighted by Gasteiger charge is -2.40. The number of amides is 3. The number of imide groups is 1. The molecule has 2 aliphatic rings. The van der Waals surface area contributed by atoms with E-state index < -0.39 is 0 Å². The van der Waals surface area contributed by atoms with E-state index in [4.69, 9.17) is 0 Å². The van der Waals surface area contributed by atoms with Crippen molar-refractivity contribution in [3.8, 4) is 0 Å². The van der Waals surface area contributed by atoms with Crippen LogP contribution in [0.1, 0.15) is 51.5 Å². The van der Waals surface area contributed by atoms with Crippen molar-refractivity contribution in [3.05, 3.63) is 23.8 Å². The predicted molar refractivity (Wildman–Crippen MR) is 114 cm³/mol. The maximum atomic E-state index is 12.1. The van der Waals surface area contributed by atoms with Crippen molar-refractivity contribution in [3.63, 3.8) is 0 Å². The van der Waals surface area contributed by atoms with Crippen LogP contribution in [0.5, 0.6) is 0 Å². The highest BCUT2D eigenvalue weighted by molar-refractivity contribution is 6.06. The van der Waals surface area contributed by atoms with Crippen LogP contribution in [0.15, 0.2) is 18.2 Å². The lowest BCUT2D eigenvalue weighted by molar-refractivity contribution is -0.120. The zero-order valence-corrected chi connectivity index (χ0v) is 17.5. The molecule has 0 aliphatic carbocycles. The molecule has 28 heavy (non-hydrogen) atoms. The number of unbranched alkanes of at least 4 members (excludes halogenated alkanes) is 1. The first-order chi connectivity index (χ1) is 13.5. The average Bonchev–Trinajstić information content (AvgIpc) is 2.69. The number of carbonyl (C=O) groups excluding carboxylic acids is 2. The molecular weight excluding hydrogens is 352 g/mol. The van der Waals surface area contributed by atoms with Gasteiger partial charge in [-0.25, -0.2) is 4.79 Å². The number of aryl methyl sites for hydroxylation is 1. The number of carbonyl (C=O) groups is 2. The van der Waals surface area contributed by atoms with Gasteiger partial charge in [0.2, 0.25) is 5.91 Å². The third kappa shape index (κ3) is 4.66. The molecule has 1 N–H and O–H groups in total. The molecule has 154 valence electrons. The predicted octanol–water partition coefficient (Wildman–Crippen LogP) is 3.53. The van der Waals surface area contributed by atoms with Gasteiger partial charge in [0.05, 0.1) is 0 Å². The molecule has 2 saturated heterocycles. The number of rotatable bonds is 7. The molecule has 2 heterocycles. The van der Waals surface area contributed by atoms with Gasteiger partial charge in [0.15, 0.2) is 0 Å². The molecule has 1 aromatic rings. The van der Waals surface area contributed by atoms with Gasteiger partial charge in [-0.3, -0.25) is 19.9 Å². The summed E-state index contributed by atoms with van der Waals surface area (Å²) in [4.78, 5) is 30.3. The van der Waals surface area contributed by atoms with Crippen molar-refractivity contribution in [2.75, 3.05) is 42.5 Å². The summed E-state index contributed by atoms with van der Waals surface area (Å²) in [7, 11) is 0. The normalized spacial score (nSPS) is 19.7. The molecule has 0 spiro atoms. The Morgan fingerprint density at radius 1 is 1.07 bits per heavy atom. The van der Waals surface area contributed by atoms with E-state index in [0.717, 1.165) is 37.4 Å². The van der Waals surface area contributed by atoms with Gasteiger partial charge in [0.25, 0.3) is 0 Å². The lowest BCUT2D eigenvalue weighted by Crippen LogP contribution is -2.50. The van der Waals surface area contributed by atoms with Crippen LogP contribution >= 0.6 is 0 Å². The van der Waals surface area contributed by atoms with Crippen LogP contribution in [0.4, 0.5) is 16.2 Å². The number of piperazine rings is 1. The van der Waals surface area contributed by atoms with E-state index >= 15 is 0 Å². The Bertz CT molecular complexity index is 698. The summed E-state index contributed by atoms with van der Waals surface area (Å²) in [5, 5.41) is 2.40. The van der Waals surface area contributed by atoms with Crippen molar-refractivity contribution in [1.82, 2.24) is 10.2 Å². The molecule has 1 aromatic carbocycles. The van der Waals surface area contributed by atoms with E-state index in [1.165, 1.54) is 31.4 Å². The highest BCUT2D eigenvalue weighted by atomic mass is 16.2. The van der Waals surface area contributed by atoms with Crippen LogP contribution in [0, 0.1) is 6.92 Å². The summed E-state index contributed by atoms with van der Waals surface area (Å²) in [6, 6.07) is 6.69. The summed E-state index contributed by atoms with van der Waals surface area (Å²) in [5.41, 5.74) is 3.17. The maximum absolute atomic E-state index is 12.1. The summed E-state index contributed by atoms with van der Waals surface area (Å²) in [6.45, 7) is 11.4. The van der Waals surface area contributed by atoms with E-state index in [9.17, 15) is 9.59 Å². The van der Waals surface area contributed by atoms with Crippen molar-refractivity contribution in [2.24, 2.45) is 0 Å². The van der Waals surface area contributed by atoms with Crippen LogP contribution in [-0.4, -0.2) is 55.6 Å². The fourth-order valence-corrected chi connectivity index (χ4v) is 4.36. The summed E-state index contributed by atoms with van der Waals surface area (Å²) in [6.07, 6.45) is 5.47. The minimum Gasteiger partial charge on any atom is -0.369 e. The molecule has 3 rings (SSSR count). The molecule has 6 heteroatoms. The van der Waals surface area contributed by atoms with E-state index in [2.05, 4.69) is 41.1 Å². The van der Waals surface area contributed by atoms with Crippen LogP contribution in [0.25, 0.3) is 0 Å². The smallest absolute Gasteiger partial charge is 0.328 e. The van der Waals surface area contributed by atoms with Crippen molar-refractivity contribution >= 4 is 23.3 Å². The van der Waals surface area contributed by atoms with E-state index in [1.807, 2.05) is 13.0 Å². The highest BCUT2D eigenvalue weighted by Gasteiger charge is 2.26. The van der Waals surface area contributed by atoms with Gasteiger partial charge in [0, 0.05) is 56.6 Å². The van der Waals surface area contributed by atoms with E-state index in [1.54, 1.807) is 4.90 Å². The number of nitrogens with one attached hydrogen (secondary N) is 1. The summed E-state index contributed by atoms with van der Waals surface area (Å²) < 4.78 is 0. The van der Waals surface area contributed by atoms with Gasteiger partial charge < -0.3 is 4.90 Å². The molecule has 3 amide bonds. The van der Waals surface area contributed by atoms with Gasteiger partial charge in [0.1, 0.15) is 0 Å². The van der Waals surface area contributed by atoms with Crippen LogP contribution < -0.4 is 15.1 Å². The number of hydrogen-bond acceptors (Lipinski definition) is 4. The second-order valence-electron chi connectivity index (χ2n) is 7.95. The van der Waals surface area contributed by atoms with Crippen LogP contribution in [-0.2, 0) is 4.79 Å². The molecule has 6 nitrogen and oxygen atoms in total. The molecule has 2 fully saturated rings. The second kappa shape index (κ2) is 9.41. The number of benzene rings is 1. The monoisotopic (exact) mass is 386 g/mol. The fraction of sp³-hybridized carbons (Fsp3) is 0.636. The first-order valence-corrected chi connectivity index (χ1v) is 10.7. The molecule has 0 bridgehead atoms. The number of nitrogens with zero attached hydrogens (tertiary/aromatic N) is 3. The van der Waals surface area contributed by atoms with E-state index in [-0.39, 0.29) is 11.9 Å². The number of anilines is 2. The van der Waals surface area contributed by atoms with Gasteiger partial charge in [-0.2, -0.15) is 0 Å². The maximum Gasteiger partial charge on any atom is 0.328 e. The lowest BCUT2D eigenvalue weighted by atomic mass is 10.0. The van der Waals surface area contributed by atoms with E-state index in [0.29, 0.717) is 19.0 Å². The molecule has 0 aromatic heterocycles.